The van der Waals surface area contributed by atoms with E-state index in [1.807, 2.05) is 27.1 Å². The molecule has 1 rings (SSSR count). The molecule has 108 valence electrons. The number of nitrogens with zero attached hydrogens (tertiary/aromatic N) is 4. The summed E-state index contributed by atoms with van der Waals surface area (Å²) in [5.41, 5.74) is 1.16. The smallest absolute Gasteiger partial charge is 0.103 e. The van der Waals surface area contributed by atoms with E-state index in [9.17, 15) is 4.21 Å². The van der Waals surface area contributed by atoms with Gasteiger partial charge in [0, 0.05) is 35.8 Å². The Hall–Kier alpha value is -1.58. The average Bonchev–Trinajstić information content (AvgIpc) is 2.35. The molecule has 1 aromatic rings. The Bertz CT molecular complexity index is 682. The molecule has 20 heavy (non-hydrogen) atoms. The zero-order valence-corrected chi connectivity index (χ0v) is 13.5. The highest BCUT2D eigenvalue weighted by Crippen LogP contribution is 2.32. The van der Waals surface area contributed by atoms with Gasteiger partial charge < -0.3 is 4.90 Å². The monoisotopic (exact) mass is 312 g/mol. The normalized spacial score (nSPS) is 13.8. The summed E-state index contributed by atoms with van der Waals surface area (Å²) in [5, 5.41) is 9.38. The first-order chi connectivity index (χ1) is 9.29. The van der Waals surface area contributed by atoms with Crippen LogP contribution in [0.25, 0.3) is 0 Å². The summed E-state index contributed by atoms with van der Waals surface area (Å²) in [7, 11) is 1.36. The highest BCUT2D eigenvalue weighted by atomic mass is 35.5. The zero-order valence-electron chi connectivity index (χ0n) is 11.9. The molecule has 0 radical (unpaired) electrons. The van der Waals surface area contributed by atoms with Gasteiger partial charge in [0.1, 0.15) is 6.07 Å². The van der Waals surface area contributed by atoms with Crippen molar-refractivity contribution in [2.24, 2.45) is 9.36 Å². The van der Waals surface area contributed by atoms with Crippen molar-refractivity contribution in [2.75, 3.05) is 26.1 Å². The molecule has 0 spiro atoms. The largest absolute Gasteiger partial charge is 0.369 e. The SMILES string of the molecule is CCS(C)(=O)=Nc1cc(Cl)c(C#N)c(/N=C/N(C)C)c1. The third-order valence-electron chi connectivity index (χ3n) is 2.43. The summed E-state index contributed by atoms with van der Waals surface area (Å²) < 4.78 is 16.2. The molecule has 0 saturated carbocycles. The van der Waals surface area contributed by atoms with E-state index in [2.05, 4.69) is 9.36 Å². The Morgan fingerprint density at radius 1 is 1.50 bits per heavy atom. The van der Waals surface area contributed by atoms with Crippen molar-refractivity contribution in [2.45, 2.75) is 6.92 Å². The number of aliphatic imine (C=N–C) groups is 1. The lowest BCUT2D eigenvalue weighted by Crippen LogP contribution is -2.07. The maximum Gasteiger partial charge on any atom is 0.103 e. The zero-order chi connectivity index (χ0) is 15.3. The second-order valence-electron chi connectivity index (χ2n) is 4.48. The van der Waals surface area contributed by atoms with Gasteiger partial charge in [0.2, 0.25) is 0 Å². The Morgan fingerprint density at radius 3 is 2.65 bits per heavy atom. The summed E-state index contributed by atoms with van der Waals surface area (Å²) in [6, 6.07) is 5.16. The van der Waals surface area contributed by atoms with E-state index >= 15 is 0 Å². The van der Waals surface area contributed by atoms with Crippen molar-refractivity contribution in [3.63, 3.8) is 0 Å². The summed E-state index contributed by atoms with van der Waals surface area (Å²) in [6.07, 6.45) is 3.15. The quantitative estimate of drug-likeness (QED) is 0.633. The summed E-state index contributed by atoms with van der Waals surface area (Å²) in [5.74, 6) is 0.445. The van der Waals surface area contributed by atoms with Crippen LogP contribution in [-0.2, 0) is 9.73 Å². The second kappa shape index (κ2) is 6.73. The predicted octanol–water partition coefficient (Wildman–Crippen LogP) is 3.18. The van der Waals surface area contributed by atoms with Crippen molar-refractivity contribution < 1.29 is 4.21 Å². The Labute approximate surface area is 125 Å². The molecule has 0 aliphatic carbocycles. The first-order valence-corrected chi connectivity index (χ1v) is 8.40. The van der Waals surface area contributed by atoms with Crippen LogP contribution in [0.4, 0.5) is 11.4 Å². The average molecular weight is 313 g/mol. The number of hydrogen-bond donors (Lipinski definition) is 0. The summed E-state index contributed by atoms with van der Waals surface area (Å²) in [6.45, 7) is 1.81. The fourth-order valence-electron chi connectivity index (χ4n) is 1.31. The molecule has 5 nitrogen and oxygen atoms in total. The molecular weight excluding hydrogens is 296 g/mol. The molecular formula is C13H17ClN4OS. The molecule has 0 aliphatic rings. The van der Waals surface area contributed by atoms with E-state index in [4.69, 9.17) is 16.9 Å². The molecule has 0 aliphatic heterocycles. The van der Waals surface area contributed by atoms with Crippen LogP contribution in [0.15, 0.2) is 21.5 Å². The van der Waals surface area contributed by atoms with Gasteiger partial charge in [-0.05, 0) is 12.1 Å². The fourth-order valence-corrected chi connectivity index (χ4v) is 2.24. The number of nitriles is 1. The van der Waals surface area contributed by atoms with Crippen LogP contribution in [0.3, 0.4) is 0 Å². The van der Waals surface area contributed by atoms with Crippen LogP contribution < -0.4 is 0 Å². The fraction of sp³-hybridized carbons (Fsp3) is 0.385. The van der Waals surface area contributed by atoms with Gasteiger partial charge >= 0.3 is 0 Å². The Balaban J connectivity index is 3.44. The third-order valence-corrected chi connectivity index (χ3v) is 4.39. The van der Waals surface area contributed by atoms with E-state index in [0.29, 0.717) is 17.1 Å². The van der Waals surface area contributed by atoms with Gasteiger partial charge in [0.25, 0.3) is 0 Å². The summed E-state index contributed by atoms with van der Waals surface area (Å²) >= 11 is 6.06. The third kappa shape index (κ3) is 4.51. The highest BCUT2D eigenvalue weighted by Gasteiger charge is 2.09. The van der Waals surface area contributed by atoms with Gasteiger partial charge in [-0.1, -0.05) is 18.5 Å². The lowest BCUT2D eigenvalue weighted by molar-refractivity contribution is 0.643. The molecule has 0 bridgehead atoms. The van der Waals surface area contributed by atoms with Crippen molar-refractivity contribution >= 4 is 39.0 Å². The lowest BCUT2D eigenvalue weighted by Gasteiger charge is -2.06. The Morgan fingerprint density at radius 2 is 2.15 bits per heavy atom. The maximum absolute atomic E-state index is 12.0. The minimum Gasteiger partial charge on any atom is -0.369 e. The first-order valence-electron chi connectivity index (χ1n) is 5.93. The van der Waals surface area contributed by atoms with E-state index in [1.165, 1.54) is 6.07 Å². The van der Waals surface area contributed by atoms with E-state index in [1.54, 1.807) is 23.6 Å². The van der Waals surface area contributed by atoms with Gasteiger partial charge in [-0.2, -0.15) is 9.62 Å². The molecule has 0 heterocycles. The number of halogens is 1. The lowest BCUT2D eigenvalue weighted by atomic mass is 10.2. The van der Waals surface area contributed by atoms with Crippen LogP contribution in [0, 0.1) is 11.3 Å². The molecule has 0 fully saturated rings. The molecule has 0 amide bonds. The van der Waals surface area contributed by atoms with Crippen molar-refractivity contribution in [3.8, 4) is 6.07 Å². The topological polar surface area (TPSA) is 68.8 Å². The molecule has 0 N–H and O–H groups in total. The van der Waals surface area contributed by atoms with Crippen LogP contribution in [0.5, 0.6) is 0 Å². The van der Waals surface area contributed by atoms with Gasteiger partial charge in [0.05, 0.1) is 28.3 Å². The first kappa shape index (κ1) is 16.5. The standard InChI is InChI=1S/C13H17ClN4OS/c1-5-20(4,19)17-10-6-12(14)11(8-15)13(7-10)16-9-18(2)3/h6-7,9H,5H2,1-4H3/b16-9+. The van der Waals surface area contributed by atoms with Gasteiger partial charge in [-0.25, -0.2) is 9.20 Å². The van der Waals surface area contributed by atoms with E-state index < -0.39 is 9.73 Å². The number of hydrogen-bond acceptors (Lipinski definition) is 4. The number of rotatable bonds is 4. The van der Waals surface area contributed by atoms with E-state index in [0.717, 1.165) is 0 Å². The minimum atomic E-state index is -2.29. The highest BCUT2D eigenvalue weighted by molar-refractivity contribution is 7.93. The molecule has 1 aromatic carbocycles. The Kier molecular flexibility index (Phi) is 5.54. The minimum absolute atomic E-state index is 0.256. The summed E-state index contributed by atoms with van der Waals surface area (Å²) in [4.78, 5) is 5.94. The van der Waals surface area contributed by atoms with Crippen molar-refractivity contribution in [1.29, 1.82) is 5.26 Å². The maximum atomic E-state index is 12.0. The van der Waals surface area contributed by atoms with Crippen LogP contribution in [0.2, 0.25) is 5.02 Å². The van der Waals surface area contributed by atoms with Crippen molar-refractivity contribution in [3.05, 3.63) is 22.7 Å². The molecule has 0 aromatic heterocycles. The molecule has 1 atom stereocenters. The molecule has 1 unspecified atom stereocenters. The van der Waals surface area contributed by atoms with Gasteiger partial charge in [-0.15, -0.1) is 0 Å². The van der Waals surface area contributed by atoms with Gasteiger partial charge in [0.15, 0.2) is 0 Å². The second-order valence-corrected chi connectivity index (χ2v) is 7.57. The van der Waals surface area contributed by atoms with E-state index in [-0.39, 0.29) is 10.6 Å². The van der Waals surface area contributed by atoms with Crippen molar-refractivity contribution in [1.82, 2.24) is 4.90 Å². The molecule has 7 heteroatoms. The van der Waals surface area contributed by atoms with Crippen LogP contribution >= 0.6 is 11.6 Å². The van der Waals surface area contributed by atoms with Crippen LogP contribution in [0.1, 0.15) is 12.5 Å². The molecule has 0 saturated heterocycles. The number of benzene rings is 1. The predicted molar refractivity (Wildman–Crippen MR) is 84.7 cm³/mol. The van der Waals surface area contributed by atoms with Crippen LogP contribution in [-0.4, -0.2) is 41.6 Å². The van der Waals surface area contributed by atoms with Gasteiger partial charge in [-0.3, -0.25) is 0 Å².